The summed E-state index contributed by atoms with van der Waals surface area (Å²) < 4.78 is 18.8. The predicted molar refractivity (Wildman–Crippen MR) is 120 cm³/mol. The number of nitrogens with zero attached hydrogens (tertiary/aromatic N) is 7. The molecule has 0 spiro atoms. The lowest BCUT2D eigenvalue weighted by molar-refractivity contribution is 0.135. The summed E-state index contributed by atoms with van der Waals surface area (Å²) in [5.41, 5.74) is 2.30. The van der Waals surface area contributed by atoms with Crippen molar-refractivity contribution in [2.45, 2.75) is 64.4 Å². The lowest BCUT2D eigenvalue weighted by Gasteiger charge is -2.26. The topological polar surface area (TPSA) is 114 Å². The van der Waals surface area contributed by atoms with Crippen LogP contribution in [0.25, 0.3) is 16.7 Å². The standard InChI is InChI=1S/C23H27N7O3/c1-13(2)20-28-22(33-29-20)15-5-7-16(8-6-15)32-23-17-11-26-30(21(17)24-12-25-23)18-9-10-19(31-4)27-14(18)3/h9-13,15-16H,5-8H2,1-4H3. The van der Waals surface area contributed by atoms with Gasteiger partial charge in [-0.1, -0.05) is 19.0 Å². The van der Waals surface area contributed by atoms with Gasteiger partial charge in [-0.05, 0) is 38.7 Å². The van der Waals surface area contributed by atoms with Crippen LogP contribution in [0, 0.1) is 6.92 Å². The Bertz CT molecular complexity index is 1260. The third-order valence-corrected chi connectivity index (χ3v) is 6.07. The van der Waals surface area contributed by atoms with Gasteiger partial charge in [-0.25, -0.2) is 19.6 Å². The van der Waals surface area contributed by atoms with Gasteiger partial charge in [-0.15, -0.1) is 0 Å². The first kappa shape index (κ1) is 21.3. The molecule has 1 aliphatic carbocycles. The molecule has 0 aromatic carbocycles. The number of rotatable bonds is 6. The van der Waals surface area contributed by atoms with Gasteiger partial charge >= 0.3 is 0 Å². The Morgan fingerprint density at radius 1 is 1.09 bits per heavy atom. The molecule has 10 nitrogen and oxygen atoms in total. The van der Waals surface area contributed by atoms with E-state index in [0.29, 0.717) is 17.4 Å². The molecule has 0 saturated heterocycles. The molecule has 10 heteroatoms. The Labute approximate surface area is 191 Å². The number of pyridine rings is 1. The van der Waals surface area contributed by atoms with Crippen LogP contribution in [0.3, 0.4) is 0 Å². The third kappa shape index (κ3) is 4.12. The molecular formula is C23H27N7O3. The first-order valence-electron chi connectivity index (χ1n) is 11.2. The smallest absolute Gasteiger partial charge is 0.229 e. The van der Waals surface area contributed by atoms with Crippen molar-refractivity contribution in [2.24, 2.45) is 0 Å². The zero-order valence-corrected chi connectivity index (χ0v) is 19.2. The minimum Gasteiger partial charge on any atom is -0.481 e. The fourth-order valence-electron chi connectivity index (χ4n) is 4.19. The highest BCUT2D eigenvalue weighted by molar-refractivity contribution is 5.81. The number of aryl methyl sites for hydroxylation is 1. The summed E-state index contributed by atoms with van der Waals surface area (Å²) in [5.74, 6) is 3.17. The summed E-state index contributed by atoms with van der Waals surface area (Å²) in [7, 11) is 1.60. The van der Waals surface area contributed by atoms with E-state index >= 15 is 0 Å². The van der Waals surface area contributed by atoms with Gasteiger partial charge in [0.2, 0.25) is 17.7 Å². The number of aromatic nitrogens is 7. The molecule has 0 radical (unpaired) electrons. The Morgan fingerprint density at radius 3 is 2.61 bits per heavy atom. The third-order valence-electron chi connectivity index (χ3n) is 6.07. The fourth-order valence-corrected chi connectivity index (χ4v) is 4.19. The highest BCUT2D eigenvalue weighted by atomic mass is 16.5. The molecule has 172 valence electrons. The molecule has 0 atom stereocenters. The Balaban J connectivity index is 1.31. The second-order valence-electron chi connectivity index (χ2n) is 8.67. The quantitative estimate of drug-likeness (QED) is 0.428. The van der Waals surface area contributed by atoms with Gasteiger partial charge in [0.05, 0.1) is 24.7 Å². The van der Waals surface area contributed by atoms with Gasteiger partial charge < -0.3 is 14.0 Å². The van der Waals surface area contributed by atoms with E-state index in [1.54, 1.807) is 24.1 Å². The highest BCUT2D eigenvalue weighted by Crippen LogP contribution is 2.35. The minimum absolute atomic E-state index is 0.0691. The molecule has 0 bridgehead atoms. The normalized spacial score (nSPS) is 18.7. The fraction of sp³-hybridized carbons (Fsp3) is 0.478. The van der Waals surface area contributed by atoms with E-state index in [9.17, 15) is 0 Å². The van der Waals surface area contributed by atoms with Crippen molar-refractivity contribution in [1.29, 1.82) is 0 Å². The van der Waals surface area contributed by atoms with Gasteiger partial charge in [0.25, 0.3) is 0 Å². The van der Waals surface area contributed by atoms with Gasteiger partial charge in [0.1, 0.15) is 17.8 Å². The van der Waals surface area contributed by atoms with E-state index in [4.69, 9.17) is 14.0 Å². The summed E-state index contributed by atoms with van der Waals surface area (Å²) in [5, 5.41) is 9.40. The maximum atomic E-state index is 6.31. The van der Waals surface area contributed by atoms with Crippen molar-refractivity contribution in [3.63, 3.8) is 0 Å². The van der Waals surface area contributed by atoms with E-state index in [-0.39, 0.29) is 17.9 Å². The van der Waals surface area contributed by atoms with Crippen LogP contribution in [0.15, 0.2) is 29.2 Å². The molecule has 1 saturated carbocycles. The zero-order valence-electron chi connectivity index (χ0n) is 19.2. The lowest BCUT2D eigenvalue weighted by atomic mass is 9.87. The number of ether oxygens (including phenoxy) is 2. The van der Waals surface area contributed by atoms with Crippen molar-refractivity contribution < 1.29 is 14.0 Å². The van der Waals surface area contributed by atoms with E-state index in [0.717, 1.165) is 54.2 Å². The number of hydrogen-bond donors (Lipinski definition) is 0. The number of hydrogen-bond acceptors (Lipinski definition) is 9. The van der Waals surface area contributed by atoms with Crippen LogP contribution in [0.2, 0.25) is 0 Å². The summed E-state index contributed by atoms with van der Waals surface area (Å²) in [6, 6.07) is 3.72. The van der Waals surface area contributed by atoms with Crippen molar-refractivity contribution in [3.8, 4) is 17.4 Å². The van der Waals surface area contributed by atoms with Crippen LogP contribution in [-0.4, -0.2) is 48.1 Å². The van der Waals surface area contributed by atoms with Crippen molar-refractivity contribution in [1.82, 2.24) is 34.9 Å². The molecule has 4 heterocycles. The van der Waals surface area contributed by atoms with Crippen LogP contribution in [-0.2, 0) is 0 Å². The molecule has 0 amide bonds. The van der Waals surface area contributed by atoms with Crippen molar-refractivity contribution in [2.75, 3.05) is 7.11 Å². The number of fused-ring (bicyclic) bond motifs is 1. The Hall–Kier alpha value is -3.56. The molecule has 33 heavy (non-hydrogen) atoms. The monoisotopic (exact) mass is 449 g/mol. The average molecular weight is 450 g/mol. The SMILES string of the molecule is COc1ccc(-n2ncc3c(OC4CCC(c5nc(C(C)C)no5)CC4)ncnc32)c(C)n1. The first-order chi connectivity index (χ1) is 16.0. The molecule has 5 rings (SSSR count). The van der Waals surface area contributed by atoms with Gasteiger partial charge in [-0.2, -0.15) is 10.1 Å². The molecule has 0 N–H and O–H groups in total. The summed E-state index contributed by atoms with van der Waals surface area (Å²) >= 11 is 0. The molecule has 4 aromatic rings. The predicted octanol–water partition coefficient (Wildman–Crippen LogP) is 4.14. The first-order valence-corrected chi connectivity index (χ1v) is 11.2. The molecule has 1 fully saturated rings. The summed E-state index contributed by atoms with van der Waals surface area (Å²) in [4.78, 5) is 17.8. The maximum absolute atomic E-state index is 6.31. The van der Waals surface area contributed by atoms with Crippen LogP contribution >= 0.6 is 0 Å². The summed E-state index contributed by atoms with van der Waals surface area (Å²) in [6.45, 7) is 6.04. The molecule has 0 unspecified atom stereocenters. The lowest BCUT2D eigenvalue weighted by Crippen LogP contribution is -2.24. The molecule has 4 aromatic heterocycles. The second kappa shape index (κ2) is 8.76. The Morgan fingerprint density at radius 2 is 1.91 bits per heavy atom. The van der Waals surface area contributed by atoms with Crippen LogP contribution in [0.5, 0.6) is 11.8 Å². The minimum atomic E-state index is 0.0691. The van der Waals surface area contributed by atoms with Crippen LogP contribution < -0.4 is 9.47 Å². The molecular weight excluding hydrogens is 422 g/mol. The maximum Gasteiger partial charge on any atom is 0.229 e. The second-order valence-corrected chi connectivity index (χ2v) is 8.67. The van der Waals surface area contributed by atoms with Crippen LogP contribution in [0.1, 0.15) is 68.8 Å². The molecule has 0 aliphatic heterocycles. The van der Waals surface area contributed by atoms with Crippen molar-refractivity contribution >= 4 is 11.0 Å². The van der Waals surface area contributed by atoms with E-state index < -0.39 is 0 Å². The largest absolute Gasteiger partial charge is 0.481 e. The average Bonchev–Trinajstić information content (AvgIpc) is 3.48. The van der Waals surface area contributed by atoms with Crippen LogP contribution in [0.4, 0.5) is 0 Å². The van der Waals surface area contributed by atoms with Crippen molar-refractivity contribution in [3.05, 3.63) is 42.1 Å². The van der Waals surface area contributed by atoms with E-state index in [1.165, 1.54) is 6.33 Å². The summed E-state index contributed by atoms with van der Waals surface area (Å²) in [6.07, 6.45) is 6.99. The number of methoxy groups -OCH3 is 1. The van der Waals surface area contributed by atoms with E-state index in [1.807, 2.05) is 13.0 Å². The molecule has 1 aliphatic rings. The Kier molecular flexibility index (Phi) is 5.65. The van der Waals surface area contributed by atoms with Gasteiger partial charge in [0, 0.05) is 17.9 Å². The zero-order chi connectivity index (χ0) is 22.9. The van der Waals surface area contributed by atoms with Gasteiger partial charge in [0.15, 0.2) is 11.5 Å². The van der Waals surface area contributed by atoms with E-state index in [2.05, 4.69) is 44.0 Å². The highest BCUT2D eigenvalue weighted by Gasteiger charge is 2.28. The van der Waals surface area contributed by atoms with Gasteiger partial charge in [-0.3, -0.25) is 0 Å².